The molecular weight excluding hydrogens is 212 g/mol. The second kappa shape index (κ2) is 5.06. The van der Waals surface area contributed by atoms with Crippen LogP contribution in [0.2, 0.25) is 26.2 Å². The second-order valence-corrected chi connectivity index (χ2v) is 11.4. The molecule has 5 heteroatoms. The van der Waals surface area contributed by atoms with Crippen molar-refractivity contribution in [3.05, 3.63) is 24.6 Å². The summed E-state index contributed by atoms with van der Waals surface area (Å²) in [5, 5.41) is 0. The van der Waals surface area contributed by atoms with Crippen molar-refractivity contribution in [2.75, 3.05) is 0 Å². The zero-order valence-electron chi connectivity index (χ0n) is 8.89. The summed E-state index contributed by atoms with van der Waals surface area (Å²) in [5.74, 6) is 0. The SMILES string of the molecule is C=C[Si](C)(C=C)O[Si](C)(C)O[Si]C. The fraction of sp³-hybridized carbons (Fsp3) is 0.500. The topological polar surface area (TPSA) is 18.5 Å². The summed E-state index contributed by atoms with van der Waals surface area (Å²) >= 11 is 0. The molecule has 0 bridgehead atoms. The monoisotopic (exact) mass is 230 g/mol. The molecule has 0 aliphatic heterocycles. The molecule has 0 fully saturated rings. The summed E-state index contributed by atoms with van der Waals surface area (Å²) in [6, 6.07) is 0. The highest BCUT2D eigenvalue weighted by Gasteiger charge is 2.33. The maximum absolute atomic E-state index is 5.99. The molecule has 0 saturated heterocycles. The third-order valence-electron chi connectivity index (χ3n) is 1.62. The Morgan fingerprint density at radius 3 is 1.92 bits per heavy atom. The van der Waals surface area contributed by atoms with Gasteiger partial charge in [0, 0.05) is 0 Å². The Morgan fingerprint density at radius 1 is 1.15 bits per heavy atom. The first-order chi connectivity index (χ1) is 5.89. The van der Waals surface area contributed by atoms with Gasteiger partial charge in [-0.1, -0.05) is 11.4 Å². The predicted molar refractivity (Wildman–Crippen MR) is 63.3 cm³/mol. The molecule has 0 unspecified atom stereocenters. The predicted octanol–water partition coefficient (Wildman–Crippen LogP) is 2.41. The summed E-state index contributed by atoms with van der Waals surface area (Å²) < 4.78 is 11.6. The summed E-state index contributed by atoms with van der Waals surface area (Å²) in [7, 11) is -3.36. The van der Waals surface area contributed by atoms with E-state index in [9.17, 15) is 0 Å². The quantitative estimate of drug-likeness (QED) is 0.653. The van der Waals surface area contributed by atoms with Crippen LogP contribution in [0.15, 0.2) is 24.6 Å². The van der Waals surface area contributed by atoms with Crippen molar-refractivity contribution in [2.24, 2.45) is 0 Å². The minimum absolute atomic E-state index is 0.488. The Bertz CT molecular complexity index is 184. The highest BCUT2D eigenvalue weighted by atomic mass is 28.5. The Kier molecular flexibility index (Phi) is 5.08. The first-order valence-corrected chi connectivity index (χ1v) is 11.0. The van der Waals surface area contributed by atoms with Gasteiger partial charge < -0.3 is 8.23 Å². The van der Waals surface area contributed by atoms with E-state index < -0.39 is 16.9 Å². The third-order valence-corrected chi connectivity index (χ3v) is 9.75. The van der Waals surface area contributed by atoms with Gasteiger partial charge in [-0.25, -0.2) is 0 Å². The van der Waals surface area contributed by atoms with Gasteiger partial charge in [0.15, 0.2) is 0 Å². The number of hydrogen-bond acceptors (Lipinski definition) is 2. The first-order valence-electron chi connectivity index (χ1n) is 4.21. The van der Waals surface area contributed by atoms with Crippen LogP contribution in [0.1, 0.15) is 0 Å². The Hall–Kier alpha value is 0.0506. The van der Waals surface area contributed by atoms with E-state index in [1.807, 2.05) is 17.9 Å². The normalized spacial score (nSPS) is 12.6. The molecular formula is C8H18O2Si3. The maximum Gasteiger partial charge on any atom is 0.311 e. The van der Waals surface area contributed by atoms with Crippen LogP contribution in [-0.2, 0) is 8.23 Å². The van der Waals surface area contributed by atoms with E-state index in [0.717, 1.165) is 0 Å². The molecule has 13 heavy (non-hydrogen) atoms. The molecule has 0 saturated carbocycles. The van der Waals surface area contributed by atoms with Gasteiger partial charge in [0.1, 0.15) is 0 Å². The summed E-state index contributed by atoms with van der Waals surface area (Å²) in [4.78, 5) is 0. The molecule has 0 N–H and O–H groups in total. The minimum Gasteiger partial charge on any atom is -0.437 e. The second-order valence-electron chi connectivity index (χ2n) is 3.40. The molecule has 0 aromatic heterocycles. The first kappa shape index (κ1) is 13.1. The molecule has 0 aliphatic rings. The average Bonchev–Trinajstić information content (AvgIpc) is 2.03. The van der Waals surface area contributed by atoms with E-state index in [4.69, 9.17) is 8.23 Å². The summed E-state index contributed by atoms with van der Waals surface area (Å²) in [5.41, 5.74) is 3.77. The minimum atomic E-state index is -1.95. The highest BCUT2D eigenvalue weighted by Crippen LogP contribution is 2.16. The van der Waals surface area contributed by atoms with Crippen molar-refractivity contribution in [2.45, 2.75) is 26.2 Å². The zero-order valence-corrected chi connectivity index (χ0v) is 11.9. The zero-order chi connectivity index (χ0) is 10.5. The lowest BCUT2D eigenvalue weighted by Crippen LogP contribution is -2.46. The van der Waals surface area contributed by atoms with Crippen LogP contribution in [0.5, 0.6) is 0 Å². The van der Waals surface area contributed by atoms with Crippen molar-refractivity contribution < 1.29 is 8.23 Å². The molecule has 0 heterocycles. The fourth-order valence-electron chi connectivity index (χ4n) is 0.963. The molecule has 0 aromatic rings. The van der Waals surface area contributed by atoms with Gasteiger partial charge in [0.2, 0.25) is 18.1 Å². The molecule has 0 spiro atoms. The van der Waals surface area contributed by atoms with Gasteiger partial charge >= 0.3 is 8.56 Å². The Balaban J connectivity index is 4.38. The van der Waals surface area contributed by atoms with E-state index >= 15 is 0 Å². The van der Waals surface area contributed by atoms with Crippen molar-refractivity contribution in [1.82, 2.24) is 0 Å². The lowest BCUT2D eigenvalue weighted by Gasteiger charge is -2.31. The molecule has 2 radical (unpaired) electrons. The third kappa shape index (κ3) is 4.73. The molecule has 0 aromatic carbocycles. The van der Waals surface area contributed by atoms with Gasteiger partial charge in [-0.2, -0.15) is 0 Å². The maximum atomic E-state index is 5.99. The standard InChI is InChI=1S/C8H18O2Si3/c1-7-13(6,8-2)10-12(4,5)9-11-3/h7-8H,1-2H2,3-6H3. The van der Waals surface area contributed by atoms with E-state index in [1.54, 1.807) is 0 Å². The fourth-order valence-corrected chi connectivity index (χ4v) is 8.54. The molecule has 2 nitrogen and oxygen atoms in total. The van der Waals surface area contributed by atoms with Crippen LogP contribution >= 0.6 is 0 Å². The average molecular weight is 230 g/mol. The van der Waals surface area contributed by atoms with Crippen LogP contribution in [0.25, 0.3) is 0 Å². The molecule has 0 atom stereocenters. The highest BCUT2D eigenvalue weighted by molar-refractivity contribution is 6.90. The van der Waals surface area contributed by atoms with E-state index in [0.29, 0.717) is 9.76 Å². The molecule has 0 amide bonds. The smallest absolute Gasteiger partial charge is 0.311 e. The molecule has 0 aliphatic carbocycles. The van der Waals surface area contributed by atoms with Crippen molar-refractivity contribution >= 4 is 26.6 Å². The van der Waals surface area contributed by atoms with Crippen LogP contribution in [0.3, 0.4) is 0 Å². The van der Waals surface area contributed by atoms with Crippen molar-refractivity contribution in [3.63, 3.8) is 0 Å². The van der Waals surface area contributed by atoms with Gasteiger partial charge in [0.05, 0.1) is 0 Å². The van der Waals surface area contributed by atoms with Crippen LogP contribution < -0.4 is 0 Å². The molecule has 0 rings (SSSR count). The van der Waals surface area contributed by atoms with Gasteiger partial charge in [-0.05, 0) is 26.2 Å². The van der Waals surface area contributed by atoms with Crippen molar-refractivity contribution in [1.29, 1.82) is 0 Å². The molecule has 74 valence electrons. The summed E-state index contributed by atoms with van der Waals surface area (Å²) in [6.07, 6.45) is 0. The van der Waals surface area contributed by atoms with E-state index in [2.05, 4.69) is 32.8 Å². The lowest BCUT2D eigenvalue weighted by molar-refractivity contribution is 0.417. The van der Waals surface area contributed by atoms with Gasteiger partial charge in [-0.15, -0.1) is 13.2 Å². The van der Waals surface area contributed by atoms with E-state index in [-0.39, 0.29) is 0 Å². The lowest BCUT2D eigenvalue weighted by atomic mass is 11.2. The van der Waals surface area contributed by atoms with Crippen LogP contribution in [0.4, 0.5) is 0 Å². The van der Waals surface area contributed by atoms with Crippen LogP contribution in [-0.4, -0.2) is 26.6 Å². The Morgan fingerprint density at radius 2 is 1.62 bits per heavy atom. The van der Waals surface area contributed by atoms with Gasteiger partial charge in [-0.3, -0.25) is 0 Å². The number of rotatable bonds is 6. The van der Waals surface area contributed by atoms with Crippen LogP contribution in [0, 0.1) is 0 Å². The van der Waals surface area contributed by atoms with E-state index in [1.165, 1.54) is 0 Å². The van der Waals surface area contributed by atoms with Gasteiger partial charge in [0.25, 0.3) is 0 Å². The Labute approximate surface area is 86.0 Å². The van der Waals surface area contributed by atoms with Crippen molar-refractivity contribution in [3.8, 4) is 0 Å². The largest absolute Gasteiger partial charge is 0.437 e. The number of hydrogen-bond donors (Lipinski definition) is 0. The summed E-state index contributed by atoms with van der Waals surface area (Å²) in [6.45, 7) is 15.8.